The molecule has 2 nitrogen and oxygen atoms in total. The molecule has 2 N–H and O–H groups in total. The Bertz CT molecular complexity index is 450. The average molecular weight is 261 g/mol. The standard InChI is InChI=1S/C15H19NOS/c1-2-17-13-7-5-12(6-8-13)14(9-10-16)15-4-3-11-18-15/h3-8,11,14H,2,9-10,16H2,1H3. The fourth-order valence-electron chi connectivity index (χ4n) is 2.09. The van der Waals surface area contributed by atoms with Gasteiger partial charge in [-0.25, -0.2) is 0 Å². The Balaban J connectivity index is 2.20. The van der Waals surface area contributed by atoms with Gasteiger partial charge in [-0.15, -0.1) is 11.3 Å². The molecule has 2 aromatic rings. The molecule has 1 heterocycles. The van der Waals surface area contributed by atoms with Crippen LogP contribution in [0.4, 0.5) is 0 Å². The Hall–Kier alpha value is -1.32. The molecule has 0 aliphatic heterocycles. The Labute approximate surface area is 112 Å². The predicted molar refractivity (Wildman–Crippen MR) is 77.4 cm³/mol. The molecule has 0 fully saturated rings. The third-order valence-electron chi connectivity index (χ3n) is 2.94. The lowest BCUT2D eigenvalue weighted by atomic mass is 9.94. The lowest BCUT2D eigenvalue weighted by Gasteiger charge is -2.15. The summed E-state index contributed by atoms with van der Waals surface area (Å²) >= 11 is 1.79. The number of rotatable bonds is 6. The summed E-state index contributed by atoms with van der Waals surface area (Å²) in [5.74, 6) is 1.34. The molecule has 3 heteroatoms. The molecular formula is C15H19NOS. The van der Waals surface area contributed by atoms with E-state index in [-0.39, 0.29) is 0 Å². The number of thiophene rings is 1. The van der Waals surface area contributed by atoms with Crippen LogP contribution in [0.3, 0.4) is 0 Å². The van der Waals surface area contributed by atoms with Crippen LogP contribution in [0.15, 0.2) is 41.8 Å². The summed E-state index contributed by atoms with van der Waals surface area (Å²) in [5, 5.41) is 2.12. The second-order valence-electron chi connectivity index (χ2n) is 4.15. The molecule has 0 spiro atoms. The lowest BCUT2D eigenvalue weighted by molar-refractivity contribution is 0.340. The van der Waals surface area contributed by atoms with Crippen molar-refractivity contribution in [2.75, 3.05) is 13.2 Å². The summed E-state index contributed by atoms with van der Waals surface area (Å²) in [6.07, 6.45) is 0.981. The van der Waals surface area contributed by atoms with E-state index in [1.807, 2.05) is 19.1 Å². The van der Waals surface area contributed by atoms with Crippen molar-refractivity contribution >= 4 is 11.3 Å². The van der Waals surface area contributed by atoms with Gasteiger partial charge in [-0.05, 0) is 49.0 Å². The molecule has 0 bridgehead atoms. The molecule has 0 aliphatic rings. The highest BCUT2D eigenvalue weighted by atomic mass is 32.1. The van der Waals surface area contributed by atoms with Crippen molar-refractivity contribution in [1.29, 1.82) is 0 Å². The van der Waals surface area contributed by atoms with Gasteiger partial charge in [0.05, 0.1) is 6.61 Å². The maximum absolute atomic E-state index is 5.73. The Morgan fingerprint density at radius 1 is 1.22 bits per heavy atom. The molecule has 1 unspecified atom stereocenters. The zero-order chi connectivity index (χ0) is 12.8. The van der Waals surface area contributed by atoms with Gasteiger partial charge in [0, 0.05) is 10.8 Å². The maximum Gasteiger partial charge on any atom is 0.119 e. The molecule has 96 valence electrons. The van der Waals surface area contributed by atoms with Crippen molar-refractivity contribution in [2.45, 2.75) is 19.3 Å². The molecule has 18 heavy (non-hydrogen) atoms. The monoisotopic (exact) mass is 261 g/mol. The van der Waals surface area contributed by atoms with E-state index in [0.717, 1.165) is 12.2 Å². The highest BCUT2D eigenvalue weighted by Gasteiger charge is 2.14. The van der Waals surface area contributed by atoms with Crippen LogP contribution >= 0.6 is 11.3 Å². The minimum Gasteiger partial charge on any atom is -0.494 e. The molecule has 1 atom stereocenters. The van der Waals surface area contributed by atoms with Crippen LogP contribution in [0.1, 0.15) is 29.7 Å². The van der Waals surface area contributed by atoms with Crippen LogP contribution in [0.5, 0.6) is 5.75 Å². The van der Waals surface area contributed by atoms with E-state index in [0.29, 0.717) is 19.1 Å². The van der Waals surface area contributed by atoms with Crippen LogP contribution in [0.2, 0.25) is 0 Å². The van der Waals surface area contributed by atoms with Gasteiger partial charge in [-0.1, -0.05) is 18.2 Å². The zero-order valence-corrected chi connectivity index (χ0v) is 11.5. The fourth-order valence-corrected chi connectivity index (χ4v) is 2.98. The van der Waals surface area contributed by atoms with Crippen molar-refractivity contribution in [2.24, 2.45) is 5.73 Å². The molecule has 0 saturated carbocycles. The van der Waals surface area contributed by atoms with E-state index >= 15 is 0 Å². The van der Waals surface area contributed by atoms with Gasteiger partial charge in [0.15, 0.2) is 0 Å². The molecule has 1 aromatic carbocycles. The van der Waals surface area contributed by atoms with Crippen molar-refractivity contribution < 1.29 is 4.74 Å². The Kier molecular flexibility index (Phi) is 4.79. The number of hydrogen-bond acceptors (Lipinski definition) is 3. The van der Waals surface area contributed by atoms with E-state index in [2.05, 4.69) is 29.6 Å². The van der Waals surface area contributed by atoms with E-state index in [9.17, 15) is 0 Å². The quantitative estimate of drug-likeness (QED) is 0.862. The van der Waals surface area contributed by atoms with E-state index in [4.69, 9.17) is 10.5 Å². The number of nitrogens with two attached hydrogens (primary N) is 1. The first-order valence-electron chi connectivity index (χ1n) is 6.31. The van der Waals surface area contributed by atoms with Crippen LogP contribution < -0.4 is 10.5 Å². The molecule has 0 amide bonds. The highest BCUT2D eigenvalue weighted by Crippen LogP contribution is 2.31. The van der Waals surface area contributed by atoms with Gasteiger partial charge in [0.1, 0.15) is 5.75 Å². The normalized spacial score (nSPS) is 12.3. The first kappa shape index (κ1) is 13.1. The lowest BCUT2D eigenvalue weighted by Crippen LogP contribution is -2.07. The summed E-state index contributed by atoms with van der Waals surface area (Å²) in [6.45, 7) is 3.41. The number of hydrogen-bond donors (Lipinski definition) is 1. The summed E-state index contributed by atoms with van der Waals surface area (Å²) < 4.78 is 5.47. The minimum absolute atomic E-state index is 0.408. The first-order valence-corrected chi connectivity index (χ1v) is 7.19. The van der Waals surface area contributed by atoms with Gasteiger partial charge in [-0.2, -0.15) is 0 Å². The Morgan fingerprint density at radius 2 is 2.00 bits per heavy atom. The summed E-state index contributed by atoms with van der Waals surface area (Å²) in [7, 11) is 0. The maximum atomic E-state index is 5.73. The van der Waals surface area contributed by atoms with Crippen LogP contribution in [-0.2, 0) is 0 Å². The predicted octanol–water partition coefficient (Wildman–Crippen LogP) is 3.63. The van der Waals surface area contributed by atoms with Gasteiger partial charge in [0.25, 0.3) is 0 Å². The second-order valence-corrected chi connectivity index (χ2v) is 5.13. The summed E-state index contributed by atoms with van der Waals surface area (Å²) in [6, 6.07) is 12.6. The minimum atomic E-state index is 0.408. The average Bonchev–Trinajstić information content (AvgIpc) is 2.91. The first-order chi connectivity index (χ1) is 8.85. The third-order valence-corrected chi connectivity index (χ3v) is 3.92. The van der Waals surface area contributed by atoms with Crippen LogP contribution in [0.25, 0.3) is 0 Å². The molecular weight excluding hydrogens is 242 g/mol. The molecule has 2 rings (SSSR count). The Morgan fingerprint density at radius 3 is 2.56 bits per heavy atom. The topological polar surface area (TPSA) is 35.2 Å². The molecule has 0 aliphatic carbocycles. The van der Waals surface area contributed by atoms with Crippen molar-refractivity contribution in [3.05, 3.63) is 52.2 Å². The SMILES string of the molecule is CCOc1ccc(C(CCN)c2cccs2)cc1. The molecule has 1 aromatic heterocycles. The fraction of sp³-hybridized carbons (Fsp3) is 0.333. The largest absolute Gasteiger partial charge is 0.494 e. The van der Waals surface area contributed by atoms with Gasteiger partial charge in [0.2, 0.25) is 0 Å². The third kappa shape index (κ3) is 3.12. The van der Waals surface area contributed by atoms with Crippen LogP contribution in [0, 0.1) is 0 Å². The van der Waals surface area contributed by atoms with Gasteiger partial charge >= 0.3 is 0 Å². The van der Waals surface area contributed by atoms with E-state index < -0.39 is 0 Å². The van der Waals surface area contributed by atoms with Crippen LogP contribution in [-0.4, -0.2) is 13.2 Å². The zero-order valence-electron chi connectivity index (χ0n) is 10.6. The van der Waals surface area contributed by atoms with Crippen molar-refractivity contribution in [1.82, 2.24) is 0 Å². The van der Waals surface area contributed by atoms with Crippen molar-refractivity contribution in [3.8, 4) is 5.75 Å². The number of ether oxygens (including phenoxy) is 1. The summed E-state index contributed by atoms with van der Waals surface area (Å²) in [5.41, 5.74) is 7.04. The smallest absolute Gasteiger partial charge is 0.119 e. The van der Waals surface area contributed by atoms with Gasteiger partial charge in [-0.3, -0.25) is 0 Å². The molecule has 0 radical (unpaired) electrons. The highest BCUT2D eigenvalue weighted by molar-refractivity contribution is 7.10. The second kappa shape index (κ2) is 6.57. The summed E-state index contributed by atoms with van der Waals surface area (Å²) in [4.78, 5) is 1.38. The van der Waals surface area contributed by atoms with Gasteiger partial charge < -0.3 is 10.5 Å². The van der Waals surface area contributed by atoms with Crippen molar-refractivity contribution in [3.63, 3.8) is 0 Å². The molecule has 0 saturated heterocycles. The number of benzene rings is 1. The van der Waals surface area contributed by atoms with E-state index in [1.54, 1.807) is 11.3 Å². The van der Waals surface area contributed by atoms with E-state index in [1.165, 1.54) is 10.4 Å².